The van der Waals surface area contributed by atoms with E-state index in [0.29, 0.717) is 36.1 Å². The molecule has 33 heavy (non-hydrogen) atoms. The zero-order chi connectivity index (χ0) is 23.2. The maximum Gasteiger partial charge on any atom is 0.253 e. The van der Waals surface area contributed by atoms with E-state index in [1.165, 1.54) is 0 Å². The van der Waals surface area contributed by atoms with E-state index in [-0.39, 0.29) is 11.7 Å². The molecule has 3 aromatic rings. The third kappa shape index (κ3) is 5.64. The van der Waals surface area contributed by atoms with Gasteiger partial charge >= 0.3 is 0 Å². The Kier molecular flexibility index (Phi) is 7.47. The first-order valence-corrected chi connectivity index (χ1v) is 11.4. The van der Waals surface area contributed by atoms with Crippen molar-refractivity contribution in [2.24, 2.45) is 0 Å². The molecular formula is C25H29N3O4S. The van der Waals surface area contributed by atoms with Gasteiger partial charge in [-0.1, -0.05) is 18.2 Å². The minimum atomic E-state index is -0.150. The fraction of sp³-hybridized carbons (Fsp3) is 0.360. The van der Waals surface area contributed by atoms with E-state index in [4.69, 9.17) is 26.4 Å². The summed E-state index contributed by atoms with van der Waals surface area (Å²) >= 11 is 5.75. The second-order valence-electron chi connectivity index (χ2n) is 8.07. The Bertz CT molecular complexity index is 1170. The van der Waals surface area contributed by atoms with Crippen LogP contribution in [0.5, 0.6) is 11.5 Å². The van der Waals surface area contributed by atoms with Gasteiger partial charge in [0.15, 0.2) is 5.11 Å². The Morgan fingerprint density at radius 2 is 1.97 bits per heavy atom. The molecule has 2 aromatic carbocycles. The van der Waals surface area contributed by atoms with E-state index in [0.717, 1.165) is 41.7 Å². The Morgan fingerprint density at radius 1 is 1.15 bits per heavy atom. The van der Waals surface area contributed by atoms with Crippen molar-refractivity contribution in [3.63, 3.8) is 0 Å². The highest BCUT2D eigenvalue weighted by molar-refractivity contribution is 7.80. The first-order chi connectivity index (χ1) is 16.1. The molecule has 4 rings (SSSR count). The number of H-pyrrole nitrogens is 1. The van der Waals surface area contributed by atoms with Crippen LogP contribution in [-0.2, 0) is 17.8 Å². The van der Waals surface area contributed by atoms with Crippen molar-refractivity contribution in [3.8, 4) is 11.5 Å². The van der Waals surface area contributed by atoms with Gasteiger partial charge in [0, 0.05) is 36.9 Å². The predicted molar refractivity (Wildman–Crippen MR) is 133 cm³/mol. The fourth-order valence-corrected chi connectivity index (χ4v) is 4.24. The van der Waals surface area contributed by atoms with Gasteiger partial charge in [0.1, 0.15) is 11.5 Å². The molecule has 0 aliphatic carbocycles. The van der Waals surface area contributed by atoms with Crippen LogP contribution in [0.25, 0.3) is 10.9 Å². The molecule has 8 heteroatoms. The lowest BCUT2D eigenvalue weighted by Gasteiger charge is -2.27. The van der Waals surface area contributed by atoms with Crippen molar-refractivity contribution in [2.75, 3.05) is 27.4 Å². The van der Waals surface area contributed by atoms with Crippen LogP contribution in [0.15, 0.2) is 53.3 Å². The maximum absolute atomic E-state index is 12.9. The highest BCUT2D eigenvalue weighted by atomic mass is 32.1. The van der Waals surface area contributed by atoms with E-state index in [2.05, 4.69) is 10.3 Å². The van der Waals surface area contributed by atoms with Crippen molar-refractivity contribution in [1.29, 1.82) is 0 Å². The van der Waals surface area contributed by atoms with Crippen LogP contribution < -0.4 is 20.3 Å². The number of nitrogens with zero attached hydrogens (tertiary/aromatic N) is 1. The van der Waals surface area contributed by atoms with Gasteiger partial charge in [0.25, 0.3) is 5.56 Å². The van der Waals surface area contributed by atoms with Crippen LogP contribution in [0.1, 0.15) is 24.0 Å². The normalized spacial score (nSPS) is 15.4. The summed E-state index contributed by atoms with van der Waals surface area (Å²) in [7, 11) is 3.26. The zero-order valence-electron chi connectivity index (χ0n) is 18.9. The van der Waals surface area contributed by atoms with Gasteiger partial charge in [-0.05, 0) is 54.7 Å². The Hall–Kier alpha value is -3.10. The van der Waals surface area contributed by atoms with Gasteiger partial charge in [0.05, 0.1) is 32.4 Å². The van der Waals surface area contributed by atoms with Crippen LogP contribution >= 0.6 is 12.2 Å². The van der Waals surface area contributed by atoms with E-state index >= 15 is 0 Å². The molecule has 1 atom stereocenters. The number of benzene rings is 2. The lowest BCUT2D eigenvalue weighted by molar-refractivity contribution is 0.113. The lowest BCUT2D eigenvalue weighted by Crippen LogP contribution is -2.42. The molecule has 0 amide bonds. The largest absolute Gasteiger partial charge is 0.497 e. The molecule has 0 radical (unpaired) electrons. The van der Waals surface area contributed by atoms with Gasteiger partial charge < -0.3 is 29.4 Å². The second kappa shape index (κ2) is 10.7. The van der Waals surface area contributed by atoms with Gasteiger partial charge in [-0.15, -0.1) is 0 Å². The molecule has 1 aliphatic rings. The van der Waals surface area contributed by atoms with Crippen LogP contribution in [-0.4, -0.2) is 48.5 Å². The number of nitrogens with one attached hydrogen (secondary N) is 2. The molecule has 7 nitrogen and oxygen atoms in total. The SMILES string of the molecule is COc1ccc2cc(CN(Cc3ccccc3OC)C(=S)NC[C@H]3CCCO3)c(=O)[nH]c2c1. The van der Waals surface area contributed by atoms with Crippen LogP contribution in [0.3, 0.4) is 0 Å². The van der Waals surface area contributed by atoms with Crippen molar-refractivity contribution in [1.82, 2.24) is 15.2 Å². The third-order valence-corrected chi connectivity index (χ3v) is 6.24. The van der Waals surface area contributed by atoms with Gasteiger partial charge in [-0.25, -0.2) is 0 Å². The summed E-state index contributed by atoms with van der Waals surface area (Å²) in [6, 6.07) is 15.4. The first kappa shape index (κ1) is 23.1. The number of thiocarbonyl (C=S) groups is 1. The Labute approximate surface area is 198 Å². The second-order valence-corrected chi connectivity index (χ2v) is 8.45. The highest BCUT2D eigenvalue weighted by Gasteiger charge is 2.19. The number of pyridine rings is 1. The summed E-state index contributed by atoms with van der Waals surface area (Å²) < 4.78 is 16.5. The Morgan fingerprint density at radius 3 is 2.73 bits per heavy atom. The molecule has 2 N–H and O–H groups in total. The summed E-state index contributed by atoms with van der Waals surface area (Å²) in [6.07, 6.45) is 2.26. The number of ether oxygens (including phenoxy) is 3. The highest BCUT2D eigenvalue weighted by Crippen LogP contribution is 2.22. The van der Waals surface area contributed by atoms with E-state index in [9.17, 15) is 4.79 Å². The Balaban J connectivity index is 1.59. The van der Waals surface area contributed by atoms with Crippen molar-refractivity contribution < 1.29 is 14.2 Å². The van der Waals surface area contributed by atoms with Gasteiger partial charge in [-0.2, -0.15) is 0 Å². The standard InChI is InChI=1S/C25H29N3O4S/c1-30-20-10-9-17-12-19(24(29)27-22(17)13-20)16-28(15-18-6-3-4-8-23(18)31-2)25(33)26-14-21-7-5-11-32-21/h3-4,6,8-10,12-13,21H,5,7,11,14-16H2,1-2H3,(H,26,33)(H,27,29)/t21-/m1/s1. The quantitative estimate of drug-likeness (QED) is 0.490. The molecule has 0 spiro atoms. The van der Waals surface area contributed by atoms with E-state index in [1.54, 1.807) is 14.2 Å². The minimum absolute atomic E-state index is 0.150. The molecule has 1 aromatic heterocycles. The third-order valence-electron chi connectivity index (χ3n) is 5.84. The number of fused-ring (bicyclic) bond motifs is 1. The van der Waals surface area contributed by atoms with Crippen molar-refractivity contribution in [2.45, 2.75) is 32.0 Å². The molecule has 1 fully saturated rings. The van der Waals surface area contributed by atoms with Crippen LogP contribution in [0, 0.1) is 0 Å². The molecule has 0 bridgehead atoms. The molecule has 174 valence electrons. The zero-order valence-corrected chi connectivity index (χ0v) is 19.7. The molecule has 1 aliphatic heterocycles. The molecule has 1 saturated heterocycles. The number of rotatable bonds is 8. The van der Waals surface area contributed by atoms with Crippen LogP contribution in [0.2, 0.25) is 0 Å². The fourth-order valence-electron chi connectivity index (χ4n) is 4.03. The van der Waals surface area contributed by atoms with E-state index < -0.39 is 0 Å². The number of hydrogen-bond acceptors (Lipinski definition) is 5. The lowest BCUT2D eigenvalue weighted by atomic mass is 10.1. The summed E-state index contributed by atoms with van der Waals surface area (Å²) in [4.78, 5) is 17.9. The first-order valence-electron chi connectivity index (χ1n) is 11.0. The topological polar surface area (TPSA) is 75.8 Å². The molecule has 0 unspecified atom stereocenters. The van der Waals surface area contributed by atoms with Crippen molar-refractivity contribution >= 4 is 28.2 Å². The number of methoxy groups -OCH3 is 2. The minimum Gasteiger partial charge on any atom is -0.497 e. The summed E-state index contributed by atoms with van der Waals surface area (Å²) in [6.45, 7) is 2.30. The number of aromatic nitrogens is 1. The van der Waals surface area contributed by atoms with E-state index in [1.807, 2.05) is 53.4 Å². The maximum atomic E-state index is 12.9. The van der Waals surface area contributed by atoms with Gasteiger partial charge in [-0.3, -0.25) is 4.79 Å². The molecular weight excluding hydrogens is 438 g/mol. The number of para-hydroxylation sites is 1. The smallest absolute Gasteiger partial charge is 0.253 e. The van der Waals surface area contributed by atoms with Crippen LogP contribution in [0.4, 0.5) is 0 Å². The van der Waals surface area contributed by atoms with Gasteiger partial charge in [0.2, 0.25) is 0 Å². The predicted octanol–water partition coefficient (Wildman–Crippen LogP) is 3.60. The average molecular weight is 468 g/mol. The number of aromatic amines is 1. The van der Waals surface area contributed by atoms with Crippen molar-refractivity contribution in [3.05, 3.63) is 70.0 Å². The summed E-state index contributed by atoms with van der Waals surface area (Å²) in [5, 5.41) is 4.84. The molecule has 0 saturated carbocycles. The average Bonchev–Trinajstić information content (AvgIpc) is 3.36. The summed E-state index contributed by atoms with van der Waals surface area (Å²) in [5.41, 5.74) is 2.20. The summed E-state index contributed by atoms with van der Waals surface area (Å²) in [5.74, 6) is 1.48. The monoisotopic (exact) mass is 467 g/mol. The molecule has 2 heterocycles. The number of hydrogen-bond donors (Lipinski definition) is 2.